The summed E-state index contributed by atoms with van der Waals surface area (Å²) in [6.45, 7) is 9.37. The monoisotopic (exact) mass is 422 g/mol. The van der Waals surface area contributed by atoms with Gasteiger partial charge in [-0.1, -0.05) is 62.4 Å². The Hall–Kier alpha value is -2.66. The summed E-state index contributed by atoms with van der Waals surface area (Å²) < 4.78 is 6.04. The zero-order chi connectivity index (χ0) is 21.5. The van der Waals surface area contributed by atoms with Crippen molar-refractivity contribution in [3.8, 4) is 5.75 Å². The van der Waals surface area contributed by atoms with E-state index in [1.165, 1.54) is 5.56 Å². The largest absolute Gasteiger partial charge is 0.486 e. The minimum absolute atomic E-state index is 0.112. The Balaban J connectivity index is 1.62. The molecule has 0 radical (unpaired) electrons. The molecule has 5 heteroatoms. The number of amides is 1. The van der Waals surface area contributed by atoms with Crippen LogP contribution < -0.4 is 4.74 Å². The van der Waals surface area contributed by atoms with E-state index in [1.54, 1.807) is 11.3 Å². The van der Waals surface area contributed by atoms with E-state index in [2.05, 4.69) is 19.9 Å². The quantitative estimate of drug-likeness (QED) is 0.436. The van der Waals surface area contributed by atoms with Crippen molar-refractivity contribution in [1.29, 1.82) is 0 Å². The molecule has 3 rings (SSSR count). The van der Waals surface area contributed by atoms with E-state index >= 15 is 0 Å². The van der Waals surface area contributed by atoms with Crippen molar-refractivity contribution in [2.24, 2.45) is 0 Å². The van der Waals surface area contributed by atoms with Gasteiger partial charge in [0.05, 0.1) is 18.7 Å². The normalized spacial score (nSPS) is 11.1. The summed E-state index contributed by atoms with van der Waals surface area (Å²) >= 11 is 1.58. The van der Waals surface area contributed by atoms with Gasteiger partial charge in [0.1, 0.15) is 17.4 Å². The molecule has 0 aliphatic rings. The highest BCUT2D eigenvalue weighted by molar-refractivity contribution is 7.09. The number of carbonyl (C=O) groups excluding carboxylic acids is 1. The van der Waals surface area contributed by atoms with E-state index in [4.69, 9.17) is 9.72 Å². The first kappa shape index (κ1) is 22.0. The van der Waals surface area contributed by atoms with Gasteiger partial charge in [-0.05, 0) is 37.0 Å². The fourth-order valence-electron chi connectivity index (χ4n) is 3.32. The van der Waals surface area contributed by atoms with Gasteiger partial charge >= 0.3 is 0 Å². The average molecular weight is 423 g/mol. The van der Waals surface area contributed by atoms with Crippen molar-refractivity contribution in [3.63, 3.8) is 0 Å². The number of hydrogen-bond acceptors (Lipinski definition) is 4. The van der Waals surface area contributed by atoms with Crippen LogP contribution in [0.3, 0.4) is 0 Å². The topological polar surface area (TPSA) is 42.4 Å². The van der Waals surface area contributed by atoms with Crippen LogP contribution in [-0.2, 0) is 24.4 Å². The van der Waals surface area contributed by atoms with Crippen LogP contribution in [0.2, 0.25) is 0 Å². The number of thiazole rings is 1. The molecule has 1 aromatic heterocycles. The van der Waals surface area contributed by atoms with Crippen LogP contribution in [0.5, 0.6) is 5.75 Å². The van der Waals surface area contributed by atoms with E-state index in [1.807, 2.05) is 72.7 Å². The van der Waals surface area contributed by atoms with Crippen LogP contribution in [0.15, 0.2) is 60.0 Å². The molecule has 0 bridgehead atoms. The van der Waals surface area contributed by atoms with Crippen LogP contribution in [0, 0.1) is 0 Å². The van der Waals surface area contributed by atoms with Crippen molar-refractivity contribution < 1.29 is 9.53 Å². The van der Waals surface area contributed by atoms with E-state index in [0.29, 0.717) is 25.5 Å². The predicted octanol–water partition coefficient (Wildman–Crippen LogP) is 5.83. The van der Waals surface area contributed by atoms with Crippen molar-refractivity contribution in [2.75, 3.05) is 0 Å². The number of carbonyl (C=O) groups is 1. The van der Waals surface area contributed by atoms with Crippen molar-refractivity contribution in [2.45, 2.75) is 59.2 Å². The van der Waals surface area contributed by atoms with Crippen LogP contribution in [0.4, 0.5) is 0 Å². The minimum Gasteiger partial charge on any atom is -0.486 e. The SMILES string of the molecule is CC(C)c1ccccc1OCc1nc(CN(C(=O)Cc2ccccc2)C(C)C)cs1. The molecular formula is C25H30N2O2S. The number of aromatic nitrogens is 1. The highest BCUT2D eigenvalue weighted by atomic mass is 32.1. The number of ether oxygens (including phenoxy) is 1. The van der Waals surface area contributed by atoms with Crippen molar-refractivity contribution in [1.82, 2.24) is 9.88 Å². The average Bonchev–Trinajstić information content (AvgIpc) is 3.18. The van der Waals surface area contributed by atoms with Gasteiger partial charge in [-0.25, -0.2) is 4.98 Å². The Kier molecular flexibility index (Phi) is 7.63. The van der Waals surface area contributed by atoms with Crippen LogP contribution >= 0.6 is 11.3 Å². The fourth-order valence-corrected chi connectivity index (χ4v) is 4.02. The first-order chi connectivity index (χ1) is 14.4. The molecule has 0 spiro atoms. The number of para-hydroxylation sites is 1. The molecule has 1 amide bonds. The van der Waals surface area contributed by atoms with Crippen LogP contribution in [0.1, 0.15) is 55.4 Å². The molecule has 0 fully saturated rings. The zero-order valence-electron chi connectivity index (χ0n) is 18.2. The summed E-state index contributed by atoms with van der Waals surface area (Å²) in [4.78, 5) is 19.5. The summed E-state index contributed by atoms with van der Waals surface area (Å²) in [6.07, 6.45) is 0.408. The Morgan fingerprint density at radius 2 is 1.73 bits per heavy atom. The van der Waals surface area contributed by atoms with Gasteiger partial charge in [-0.2, -0.15) is 0 Å². The lowest BCUT2D eigenvalue weighted by Crippen LogP contribution is -2.37. The molecule has 0 N–H and O–H groups in total. The van der Waals surface area contributed by atoms with Crippen molar-refractivity contribution in [3.05, 3.63) is 81.8 Å². The molecule has 0 saturated heterocycles. The molecule has 158 valence electrons. The highest BCUT2D eigenvalue weighted by Gasteiger charge is 2.19. The van der Waals surface area contributed by atoms with Gasteiger partial charge in [0, 0.05) is 11.4 Å². The molecule has 0 saturated carbocycles. The molecule has 0 aliphatic heterocycles. The van der Waals surface area contributed by atoms with Gasteiger partial charge in [-0.3, -0.25) is 4.79 Å². The van der Waals surface area contributed by atoms with Gasteiger partial charge in [-0.15, -0.1) is 11.3 Å². The number of hydrogen-bond donors (Lipinski definition) is 0. The molecule has 0 aliphatic carbocycles. The lowest BCUT2D eigenvalue weighted by Gasteiger charge is -2.26. The second-order valence-electron chi connectivity index (χ2n) is 7.99. The van der Waals surface area contributed by atoms with E-state index in [9.17, 15) is 4.79 Å². The Morgan fingerprint density at radius 1 is 1.03 bits per heavy atom. The Labute approximate surface area is 183 Å². The molecule has 0 unspecified atom stereocenters. The summed E-state index contributed by atoms with van der Waals surface area (Å²) in [6, 6.07) is 18.1. The van der Waals surface area contributed by atoms with Gasteiger partial charge < -0.3 is 9.64 Å². The van der Waals surface area contributed by atoms with E-state index in [-0.39, 0.29) is 11.9 Å². The van der Waals surface area contributed by atoms with Gasteiger partial charge in [0.25, 0.3) is 0 Å². The first-order valence-corrected chi connectivity index (χ1v) is 11.3. The minimum atomic E-state index is 0.112. The third kappa shape index (κ3) is 5.92. The summed E-state index contributed by atoms with van der Waals surface area (Å²) in [5.41, 5.74) is 3.14. The molecule has 2 aromatic carbocycles. The smallest absolute Gasteiger partial charge is 0.227 e. The second-order valence-corrected chi connectivity index (χ2v) is 8.93. The molecule has 30 heavy (non-hydrogen) atoms. The second kappa shape index (κ2) is 10.4. The number of rotatable bonds is 9. The first-order valence-electron chi connectivity index (χ1n) is 10.4. The van der Waals surface area contributed by atoms with Gasteiger partial charge in [0.15, 0.2) is 0 Å². The Bertz CT molecular complexity index is 951. The third-order valence-corrected chi connectivity index (χ3v) is 5.84. The van der Waals surface area contributed by atoms with Gasteiger partial charge in [0.2, 0.25) is 5.91 Å². The summed E-state index contributed by atoms with van der Waals surface area (Å²) in [5, 5.41) is 2.95. The molecular weight excluding hydrogens is 392 g/mol. The maximum absolute atomic E-state index is 12.9. The number of benzene rings is 2. The molecule has 1 heterocycles. The third-order valence-electron chi connectivity index (χ3n) is 4.97. The van der Waals surface area contributed by atoms with E-state index < -0.39 is 0 Å². The van der Waals surface area contributed by atoms with Crippen LogP contribution in [0.25, 0.3) is 0 Å². The van der Waals surface area contributed by atoms with E-state index in [0.717, 1.165) is 22.0 Å². The predicted molar refractivity (Wildman–Crippen MR) is 123 cm³/mol. The number of nitrogens with zero attached hydrogens (tertiary/aromatic N) is 2. The van der Waals surface area contributed by atoms with Crippen LogP contribution in [-0.4, -0.2) is 21.8 Å². The lowest BCUT2D eigenvalue weighted by molar-refractivity contribution is -0.132. The zero-order valence-corrected chi connectivity index (χ0v) is 19.0. The maximum atomic E-state index is 12.9. The maximum Gasteiger partial charge on any atom is 0.227 e. The molecule has 4 nitrogen and oxygen atoms in total. The molecule has 0 atom stereocenters. The highest BCUT2D eigenvalue weighted by Crippen LogP contribution is 2.27. The summed E-state index contributed by atoms with van der Waals surface area (Å²) in [7, 11) is 0. The molecule has 3 aromatic rings. The Morgan fingerprint density at radius 3 is 2.43 bits per heavy atom. The lowest BCUT2D eigenvalue weighted by atomic mass is 10.0. The summed E-state index contributed by atoms with van der Waals surface area (Å²) in [5.74, 6) is 1.43. The fraction of sp³-hybridized carbons (Fsp3) is 0.360. The van der Waals surface area contributed by atoms with Crippen molar-refractivity contribution >= 4 is 17.2 Å². The standard InChI is InChI=1S/C25H30N2O2S/c1-18(2)22-12-8-9-13-23(22)29-16-24-26-21(17-30-24)15-27(19(3)4)25(28)14-20-10-6-5-7-11-20/h5-13,17-19H,14-16H2,1-4H3.